The van der Waals surface area contributed by atoms with Gasteiger partial charge in [0.1, 0.15) is 18.2 Å². The first-order valence-corrected chi connectivity index (χ1v) is 5.55. The van der Waals surface area contributed by atoms with Gasteiger partial charge in [0.25, 0.3) is 0 Å². The first kappa shape index (κ1) is 14.9. The third kappa shape index (κ3) is 4.20. The largest absolute Gasteiger partial charge is 0.480 e. The average Bonchev–Trinajstić information content (AvgIpc) is 2.29. The first-order chi connectivity index (χ1) is 8.81. The van der Waals surface area contributed by atoms with Crippen LogP contribution in [0.15, 0.2) is 18.2 Å². The van der Waals surface area contributed by atoms with Crippen LogP contribution in [0.5, 0.6) is 0 Å². The van der Waals surface area contributed by atoms with Crippen molar-refractivity contribution in [2.45, 2.75) is 19.9 Å². The lowest BCUT2D eigenvalue weighted by atomic mass is 10.3. The van der Waals surface area contributed by atoms with Crippen molar-refractivity contribution < 1.29 is 23.5 Å². The molecule has 7 heteroatoms. The fourth-order valence-corrected chi connectivity index (χ4v) is 1.41. The number of carbonyl (C=O) groups is 2. The molecule has 0 spiro atoms. The Hall–Kier alpha value is -2.18. The summed E-state index contributed by atoms with van der Waals surface area (Å²) >= 11 is 0. The van der Waals surface area contributed by atoms with Crippen molar-refractivity contribution in [1.82, 2.24) is 4.90 Å². The molecule has 0 saturated heterocycles. The molecule has 0 aliphatic carbocycles. The molecule has 19 heavy (non-hydrogen) atoms. The van der Waals surface area contributed by atoms with E-state index in [9.17, 15) is 18.4 Å². The number of nitrogens with zero attached hydrogens (tertiary/aromatic N) is 1. The number of hydrogen-bond donors (Lipinski definition) is 2. The number of carboxylic acids is 1. The number of halogens is 2. The zero-order valence-electron chi connectivity index (χ0n) is 10.5. The summed E-state index contributed by atoms with van der Waals surface area (Å²) in [5, 5.41) is 10.9. The summed E-state index contributed by atoms with van der Waals surface area (Å²) in [4.78, 5) is 23.5. The highest BCUT2D eigenvalue weighted by Crippen LogP contribution is 2.16. The van der Waals surface area contributed by atoms with Crippen LogP contribution in [0.4, 0.5) is 19.3 Å². The van der Waals surface area contributed by atoms with Crippen LogP contribution in [-0.4, -0.2) is 34.6 Å². The predicted molar refractivity (Wildman–Crippen MR) is 64.9 cm³/mol. The maximum Gasteiger partial charge on any atom is 0.323 e. The Balaban J connectivity index is 2.84. The topological polar surface area (TPSA) is 69.6 Å². The second-order valence-electron chi connectivity index (χ2n) is 4.17. The van der Waals surface area contributed by atoms with Gasteiger partial charge in [0.05, 0.1) is 5.69 Å². The summed E-state index contributed by atoms with van der Waals surface area (Å²) in [6.07, 6.45) is 0. The molecule has 1 rings (SSSR count). The van der Waals surface area contributed by atoms with E-state index < -0.39 is 30.2 Å². The van der Waals surface area contributed by atoms with Gasteiger partial charge in [-0.05, 0) is 26.0 Å². The Morgan fingerprint density at radius 3 is 2.47 bits per heavy atom. The maximum absolute atomic E-state index is 13.3. The molecular weight excluding hydrogens is 258 g/mol. The molecule has 0 radical (unpaired) electrons. The second-order valence-corrected chi connectivity index (χ2v) is 4.17. The van der Waals surface area contributed by atoms with E-state index in [0.29, 0.717) is 6.07 Å². The highest BCUT2D eigenvalue weighted by Gasteiger charge is 2.20. The standard InChI is InChI=1S/C12H14F2N2O3/c1-7(2)16(6-11(17)18)12(19)15-10-4-3-8(13)5-9(10)14/h3-5,7H,6H2,1-2H3,(H,15,19)(H,17,18). The van der Waals surface area contributed by atoms with Gasteiger partial charge in [-0.3, -0.25) is 4.79 Å². The number of carbonyl (C=O) groups excluding carboxylic acids is 1. The Morgan fingerprint density at radius 1 is 1.37 bits per heavy atom. The summed E-state index contributed by atoms with van der Waals surface area (Å²) in [5.74, 6) is -2.86. The number of rotatable bonds is 4. The normalized spacial score (nSPS) is 10.4. The summed E-state index contributed by atoms with van der Waals surface area (Å²) in [5.41, 5.74) is -0.206. The highest BCUT2D eigenvalue weighted by atomic mass is 19.1. The van der Waals surface area contributed by atoms with Gasteiger partial charge in [0.15, 0.2) is 0 Å². The van der Waals surface area contributed by atoms with Crippen molar-refractivity contribution in [2.24, 2.45) is 0 Å². The molecular formula is C12H14F2N2O3. The molecule has 0 aromatic heterocycles. The summed E-state index contributed by atoms with van der Waals surface area (Å²) in [6, 6.07) is 1.56. The third-order valence-corrected chi connectivity index (χ3v) is 2.36. The van der Waals surface area contributed by atoms with Crippen molar-refractivity contribution in [3.8, 4) is 0 Å². The van der Waals surface area contributed by atoms with Crippen LogP contribution in [0.3, 0.4) is 0 Å². The fraction of sp³-hybridized carbons (Fsp3) is 0.333. The summed E-state index contributed by atoms with van der Waals surface area (Å²) < 4.78 is 26.1. The molecule has 1 aromatic rings. The van der Waals surface area contributed by atoms with Crippen LogP contribution in [0, 0.1) is 11.6 Å². The molecule has 2 amide bonds. The average molecular weight is 272 g/mol. The van der Waals surface area contributed by atoms with E-state index in [-0.39, 0.29) is 11.7 Å². The number of hydrogen-bond acceptors (Lipinski definition) is 2. The van der Waals surface area contributed by atoms with Gasteiger partial charge >= 0.3 is 12.0 Å². The van der Waals surface area contributed by atoms with Crippen molar-refractivity contribution in [1.29, 1.82) is 0 Å². The van der Waals surface area contributed by atoms with E-state index >= 15 is 0 Å². The molecule has 0 heterocycles. The number of benzene rings is 1. The molecule has 104 valence electrons. The minimum atomic E-state index is -1.18. The number of anilines is 1. The predicted octanol–water partition coefficient (Wildman–Crippen LogP) is 2.29. The van der Waals surface area contributed by atoms with Crippen molar-refractivity contribution in [3.05, 3.63) is 29.8 Å². The summed E-state index contributed by atoms with van der Waals surface area (Å²) in [7, 11) is 0. The number of amides is 2. The van der Waals surface area contributed by atoms with E-state index in [0.717, 1.165) is 17.0 Å². The van der Waals surface area contributed by atoms with Crippen molar-refractivity contribution in [3.63, 3.8) is 0 Å². The zero-order valence-corrected chi connectivity index (χ0v) is 10.5. The van der Waals surface area contributed by atoms with Gasteiger partial charge < -0.3 is 15.3 Å². The van der Waals surface area contributed by atoms with Crippen LogP contribution < -0.4 is 5.32 Å². The van der Waals surface area contributed by atoms with Gasteiger partial charge in [0, 0.05) is 12.1 Å². The second kappa shape index (κ2) is 6.12. The summed E-state index contributed by atoms with van der Waals surface area (Å²) in [6.45, 7) is 2.75. The minimum Gasteiger partial charge on any atom is -0.480 e. The number of carboxylic acid groups (broad SMARTS) is 1. The van der Waals surface area contributed by atoms with E-state index in [2.05, 4.69) is 5.32 Å². The highest BCUT2D eigenvalue weighted by molar-refractivity contribution is 5.91. The van der Waals surface area contributed by atoms with Crippen LogP contribution in [0.25, 0.3) is 0 Å². The molecule has 0 aliphatic heterocycles. The quantitative estimate of drug-likeness (QED) is 0.883. The molecule has 5 nitrogen and oxygen atoms in total. The van der Waals surface area contributed by atoms with Crippen LogP contribution in [0.2, 0.25) is 0 Å². The van der Waals surface area contributed by atoms with Gasteiger partial charge in [-0.15, -0.1) is 0 Å². The molecule has 1 aromatic carbocycles. The lowest BCUT2D eigenvalue weighted by molar-refractivity contribution is -0.137. The fourth-order valence-electron chi connectivity index (χ4n) is 1.41. The molecule has 0 bridgehead atoms. The molecule has 0 atom stereocenters. The Morgan fingerprint density at radius 2 is 2.00 bits per heavy atom. The van der Waals surface area contributed by atoms with E-state index in [1.54, 1.807) is 13.8 Å². The molecule has 0 fully saturated rings. The molecule has 0 unspecified atom stereocenters. The number of aliphatic carboxylic acids is 1. The van der Waals surface area contributed by atoms with Crippen LogP contribution >= 0.6 is 0 Å². The Labute approximate surface area is 108 Å². The van der Waals surface area contributed by atoms with E-state index in [4.69, 9.17) is 5.11 Å². The van der Waals surface area contributed by atoms with Crippen LogP contribution in [0.1, 0.15) is 13.8 Å². The van der Waals surface area contributed by atoms with Gasteiger partial charge in [-0.1, -0.05) is 0 Å². The lowest BCUT2D eigenvalue weighted by Crippen LogP contribution is -2.43. The molecule has 2 N–H and O–H groups in total. The van der Waals surface area contributed by atoms with Crippen molar-refractivity contribution >= 4 is 17.7 Å². The Bertz CT molecular complexity index is 492. The minimum absolute atomic E-state index is 0.206. The van der Waals surface area contributed by atoms with Gasteiger partial charge in [-0.2, -0.15) is 0 Å². The molecule has 0 aliphatic rings. The number of nitrogens with one attached hydrogen (secondary N) is 1. The monoisotopic (exact) mass is 272 g/mol. The number of urea groups is 1. The Kier molecular flexibility index (Phi) is 4.80. The SMILES string of the molecule is CC(C)N(CC(=O)O)C(=O)Nc1ccc(F)cc1F. The smallest absolute Gasteiger partial charge is 0.323 e. The van der Waals surface area contributed by atoms with Crippen molar-refractivity contribution in [2.75, 3.05) is 11.9 Å². The maximum atomic E-state index is 13.3. The van der Waals surface area contributed by atoms with Gasteiger partial charge in [0.2, 0.25) is 0 Å². The van der Waals surface area contributed by atoms with E-state index in [1.165, 1.54) is 0 Å². The zero-order chi connectivity index (χ0) is 14.6. The van der Waals surface area contributed by atoms with Crippen LogP contribution in [-0.2, 0) is 4.79 Å². The molecule has 0 saturated carbocycles. The first-order valence-electron chi connectivity index (χ1n) is 5.55. The lowest BCUT2D eigenvalue weighted by Gasteiger charge is -2.25. The van der Waals surface area contributed by atoms with E-state index in [1.807, 2.05) is 0 Å². The third-order valence-electron chi connectivity index (χ3n) is 2.36. The van der Waals surface area contributed by atoms with Gasteiger partial charge in [-0.25, -0.2) is 13.6 Å².